The van der Waals surface area contributed by atoms with Gasteiger partial charge in [0.25, 0.3) is 0 Å². The van der Waals surface area contributed by atoms with E-state index in [2.05, 4.69) is 9.97 Å². The average Bonchev–Trinajstić information content (AvgIpc) is 2.47. The molecule has 13 heavy (non-hydrogen) atoms. The van der Waals surface area contributed by atoms with Gasteiger partial charge in [0.2, 0.25) is 0 Å². The molecule has 0 aliphatic heterocycles. The van der Waals surface area contributed by atoms with Gasteiger partial charge in [-0.2, -0.15) is 0 Å². The summed E-state index contributed by atoms with van der Waals surface area (Å²) < 4.78 is 0. The summed E-state index contributed by atoms with van der Waals surface area (Å²) in [5, 5.41) is 1.17. The normalized spacial score (nSPS) is 9.00. The summed E-state index contributed by atoms with van der Waals surface area (Å²) in [5.74, 6) is 0. The summed E-state index contributed by atoms with van der Waals surface area (Å²) in [7, 11) is 0. The molecule has 2 rings (SSSR count). The number of halogens is 2. The first-order chi connectivity index (χ1) is 5.42. The zero-order valence-electron chi connectivity index (χ0n) is 6.86. The van der Waals surface area contributed by atoms with Crippen LogP contribution >= 0.6 is 24.8 Å². The Morgan fingerprint density at radius 2 is 2.15 bits per heavy atom. The molecule has 2 aromatic rings. The fourth-order valence-electron chi connectivity index (χ4n) is 1.20. The first-order valence-corrected chi connectivity index (χ1v) is 3.52. The van der Waals surface area contributed by atoms with Gasteiger partial charge in [0, 0.05) is 24.3 Å². The molecule has 3 nitrogen and oxygen atoms in total. The lowest BCUT2D eigenvalue weighted by molar-refractivity contribution is 1.08. The molecule has 0 saturated carbocycles. The van der Waals surface area contributed by atoms with Crippen molar-refractivity contribution < 1.29 is 0 Å². The second-order valence-corrected chi connectivity index (χ2v) is 2.44. The Balaban J connectivity index is 0.000000720. The smallest absolute Gasteiger partial charge is 0.0643 e. The Hall–Kier alpha value is -0.770. The fraction of sp³-hybridized carbons (Fsp3) is 0.125. The molecule has 0 radical (unpaired) electrons. The van der Waals surface area contributed by atoms with Gasteiger partial charge >= 0.3 is 0 Å². The molecule has 5 heteroatoms. The molecule has 3 N–H and O–H groups in total. The van der Waals surface area contributed by atoms with E-state index in [1.165, 1.54) is 5.39 Å². The van der Waals surface area contributed by atoms with Crippen LogP contribution < -0.4 is 5.73 Å². The second kappa shape index (κ2) is 5.07. The molecule has 0 aliphatic carbocycles. The molecule has 0 unspecified atom stereocenters. The van der Waals surface area contributed by atoms with Crippen LogP contribution in [-0.2, 0) is 6.54 Å². The van der Waals surface area contributed by atoms with Gasteiger partial charge in [-0.05, 0) is 11.6 Å². The molecule has 2 aromatic heterocycles. The number of rotatable bonds is 1. The Morgan fingerprint density at radius 1 is 1.38 bits per heavy atom. The van der Waals surface area contributed by atoms with Gasteiger partial charge in [-0.15, -0.1) is 24.8 Å². The van der Waals surface area contributed by atoms with Crippen LogP contribution in [0.1, 0.15) is 5.56 Å². The summed E-state index contributed by atoms with van der Waals surface area (Å²) in [5.41, 5.74) is 7.71. The van der Waals surface area contributed by atoms with Crippen molar-refractivity contribution in [2.75, 3.05) is 0 Å². The average molecular weight is 220 g/mol. The zero-order chi connectivity index (χ0) is 7.68. The number of aromatic nitrogens is 2. The van der Waals surface area contributed by atoms with Crippen molar-refractivity contribution in [1.82, 2.24) is 9.97 Å². The molecule has 0 amide bonds. The summed E-state index contributed by atoms with van der Waals surface area (Å²) in [6, 6.07) is 1.97. The number of H-pyrrole nitrogens is 1. The molecule has 0 atom stereocenters. The SMILES string of the molecule is Cl.Cl.NCc1c[nH]c2cnccc12. The van der Waals surface area contributed by atoms with Crippen molar-refractivity contribution in [3.8, 4) is 0 Å². The number of nitrogens with zero attached hydrogens (tertiary/aromatic N) is 1. The Morgan fingerprint density at radius 3 is 2.85 bits per heavy atom. The molecule has 0 saturated heterocycles. The maximum atomic E-state index is 5.52. The van der Waals surface area contributed by atoms with Crippen molar-refractivity contribution in [3.05, 3.63) is 30.2 Å². The fourth-order valence-corrected chi connectivity index (χ4v) is 1.20. The maximum absolute atomic E-state index is 5.52. The lowest BCUT2D eigenvalue weighted by Crippen LogP contribution is -1.93. The number of hydrogen-bond acceptors (Lipinski definition) is 2. The zero-order valence-corrected chi connectivity index (χ0v) is 8.49. The number of pyridine rings is 1. The van der Waals surface area contributed by atoms with Gasteiger partial charge in [-0.1, -0.05) is 0 Å². The monoisotopic (exact) mass is 219 g/mol. The van der Waals surface area contributed by atoms with Crippen molar-refractivity contribution in [3.63, 3.8) is 0 Å². The molecular formula is C8H11Cl2N3. The van der Waals surface area contributed by atoms with Gasteiger partial charge in [0.1, 0.15) is 0 Å². The Kier molecular flexibility index (Phi) is 4.77. The van der Waals surface area contributed by atoms with Crippen LogP contribution in [0.15, 0.2) is 24.7 Å². The van der Waals surface area contributed by atoms with Crippen molar-refractivity contribution in [2.45, 2.75) is 6.54 Å². The van der Waals surface area contributed by atoms with Gasteiger partial charge in [0.15, 0.2) is 0 Å². The van der Waals surface area contributed by atoms with E-state index in [1.807, 2.05) is 12.3 Å². The minimum absolute atomic E-state index is 0. The minimum atomic E-state index is 0. The molecule has 72 valence electrons. The molecule has 0 spiro atoms. The first kappa shape index (κ1) is 12.2. The highest BCUT2D eigenvalue weighted by Crippen LogP contribution is 2.15. The highest BCUT2D eigenvalue weighted by Gasteiger charge is 1.98. The third-order valence-electron chi connectivity index (χ3n) is 1.79. The largest absolute Gasteiger partial charge is 0.360 e. The topological polar surface area (TPSA) is 54.7 Å². The molecule has 2 heterocycles. The molecule has 0 bridgehead atoms. The number of fused-ring (bicyclic) bond motifs is 1. The van der Waals surface area contributed by atoms with Crippen LogP contribution in [0, 0.1) is 0 Å². The maximum Gasteiger partial charge on any atom is 0.0643 e. The van der Waals surface area contributed by atoms with Crippen molar-refractivity contribution >= 4 is 35.7 Å². The lowest BCUT2D eigenvalue weighted by Gasteiger charge is -1.90. The van der Waals surface area contributed by atoms with Crippen LogP contribution in [0.4, 0.5) is 0 Å². The van der Waals surface area contributed by atoms with Crippen LogP contribution in [0.3, 0.4) is 0 Å². The molecular weight excluding hydrogens is 209 g/mol. The summed E-state index contributed by atoms with van der Waals surface area (Å²) in [6.07, 6.45) is 5.50. The number of nitrogens with two attached hydrogens (primary N) is 1. The van der Waals surface area contributed by atoms with Gasteiger partial charge < -0.3 is 10.7 Å². The third-order valence-corrected chi connectivity index (χ3v) is 1.79. The van der Waals surface area contributed by atoms with E-state index in [1.54, 1.807) is 12.4 Å². The number of hydrogen-bond donors (Lipinski definition) is 2. The highest BCUT2D eigenvalue weighted by molar-refractivity contribution is 5.85. The highest BCUT2D eigenvalue weighted by atomic mass is 35.5. The van der Waals surface area contributed by atoms with Crippen molar-refractivity contribution in [2.24, 2.45) is 5.73 Å². The third kappa shape index (κ3) is 2.12. The quantitative estimate of drug-likeness (QED) is 0.770. The first-order valence-electron chi connectivity index (χ1n) is 3.52. The van der Waals surface area contributed by atoms with E-state index in [4.69, 9.17) is 5.73 Å². The predicted molar refractivity (Wildman–Crippen MR) is 58.5 cm³/mol. The van der Waals surface area contributed by atoms with Gasteiger partial charge in [-0.3, -0.25) is 4.98 Å². The Bertz CT molecular complexity index is 372. The standard InChI is InChI=1S/C8H9N3.2ClH/c9-3-6-4-11-8-5-10-2-1-7(6)8;;/h1-2,4-5,11H,3,9H2;2*1H. The van der Waals surface area contributed by atoms with Crippen molar-refractivity contribution in [1.29, 1.82) is 0 Å². The van der Waals surface area contributed by atoms with E-state index in [-0.39, 0.29) is 24.8 Å². The van der Waals surface area contributed by atoms with E-state index >= 15 is 0 Å². The van der Waals surface area contributed by atoms with E-state index in [0.29, 0.717) is 6.54 Å². The van der Waals surface area contributed by atoms with Crippen LogP contribution in [0.25, 0.3) is 10.9 Å². The molecule has 0 aliphatic rings. The van der Waals surface area contributed by atoms with Crippen LogP contribution in [0.2, 0.25) is 0 Å². The summed E-state index contributed by atoms with van der Waals surface area (Å²) in [6.45, 7) is 0.573. The second-order valence-electron chi connectivity index (χ2n) is 2.44. The van der Waals surface area contributed by atoms with E-state index < -0.39 is 0 Å². The number of aromatic amines is 1. The molecule has 0 aromatic carbocycles. The van der Waals surface area contributed by atoms with Crippen LogP contribution in [-0.4, -0.2) is 9.97 Å². The summed E-state index contributed by atoms with van der Waals surface area (Å²) >= 11 is 0. The molecule has 0 fully saturated rings. The minimum Gasteiger partial charge on any atom is -0.360 e. The van der Waals surface area contributed by atoms with E-state index in [0.717, 1.165) is 11.1 Å². The van der Waals surface area contributed by atoms with Gasteiger partial charge in [-0.25, -0.2) is 0 Å². The van der Waals surface area contributed by atoms with E-state index in [9.17, 15) is 0 Å². The Labute approximate surface area is 88.6 Å². The lowest BCUT2D eigenvalue weighted by atomic mass is 10.2. The predicted octanol–water partition coefficient (Wildman–Crippen LogP) is 1.87. The van der Waals surface area contributed by atoms with Gasteiger partial charge in [0.05, 0.1) is 11.7 Å². The summed E-state index contributed by atoms with van der Waals surface area (Å²) in [4.78, 5) is 7.09. The number of nitrogens with one attached hydrogen (secondary N) is 1. The van der Waals surface area contributed by atoms with Crippen LogP contribution in [0.5, 0.6) is 0 Å².